The summed E-state index contributed by atoms with van der Waals surface area (Å²) in [6, 6.07) is 0. The van der Waals surface area contributed by atoms with Crippen molar-refractivity contribution in [1.29, 1.82) is 0 Å². The van der Waals surface area contributed by atoms with E-state index in [1.165, 1.54) is 0 Å². The number of halogens is 3. The van der Waals surface area contributed by atoms with Gasteiger partial charge in [0, 0.05) is 13.0 Å². The molecule has 1 saturated heterocycles. The lowest BCUT2D eigenvalue weighted by Gasteiger charge is -2.20. The van der Waals surface area contributed by atoms with Gasteiger partial charge in [-0.25, -0.2) is 0 Å². The zero-order valence-electron chi connectivity index (χ0n) is 10.2. The number of aromatic nitrogens is 2. The van der Waals surface area contributed by atoms with Crippen LogP contribution in [0.4, 0.5) is 13.2 Å². The number of aliphatic hydroxyl groups excluding tert-OH is 1. The molecule has 5 nitrogen and oxygen atoms in total. The molecule has 0 amide bonds. The standard InChI is InChI=1S/C11H15F3N2O3/c12-11(13,14)8(17)6-10-15-9(16-19-10)5-7-3-1-2-4-18-7/h7-8,17H,1-6H2. The van der Waals surface area contributed by atoms with E-state index in [9.17, 15) is 13.2 Å². The van der Waals surface area contributed by atoms with Crippen LogP contribution >= 0.6 is 0 Å². The Kier molecular flexibility index (Phi) is 4.41. The smallest absolute Gasteiger partial charge is 0.383 e. The van der Waals surface area contributed by atoms with Gasteiger partial charge in [-0.2, -0.15) is 18.2 Å². The zero-order chi connectivity index (χ0) is 13.9. The average Bonchev–Trinajstić information content (AvgIpc) is 2.76. The third-order valence-electron chi connectivity index (χ3n) is 2.94. The van der Waals surface area contributed by atoms with Crippen LogP contribution < -0.4 is 0 Å². The summed E-state index contributed by atoms with van der Waals surface area (Å²) in [7, 11) is 0. The van der Waals surface area contributed by atoms with Gasteiger partial charge < -0.3 is 14.4 Å². The van der Waals surface area contributed by atoms with Crippen LogP contribution in [0.1, 0.15) is 31.0 Å². The Balaban J connectivity index is 1.88. The second-order valence-corrected chi connectivity index (χ2v) is 4.56. The fraction of sp³-hybridized carbons (Fsp3) is 0.818. The van der Waals surface area contributed by atoms with Crippen molar-refractivity contribution in [2.75, 3.05) is 6.61 Å². The van der Waals surface area contributed by atoms with Crippen LogP contribution in [-0.2, 0) is 17.6 Å². The maximum atomic E-state index is 12.2. The molecule has 1 aliphatic heterocycles. The van der Waals surface area contributed by atoms with Gasteiger partial charge in [-0.3, -0.25) is 0 Å². The molecule has 2 rings (SSSR count). The second kappa shape index (κ2) is 5.87. The predicted molar refractivity (Wildman–Crippen MR) is 57.4 cm³/mol. The highest BCUT2D eigenvalue weighted by Gasteiger charge is 2.39. The first-order chi connectivity index (χ1) is 8.95. The van der Waals surface area contributed by atoms with Gasteiger partial charge >= 0.3 is 6.18 Å². The molecule has 2 heterocycles. The van der Waals surface area contributed by atoms with E-state index >= 15 is 0 Å². The highest BCUT2D eigenvalue weighted by molar-refractivity contribution is 4.91. The molecule has 1 N–H and O–H groups in total. The monoisotopic (exact) mass is 280 g/mol. The van der Waals surface area contributed by atoms with Crippen molar-refractivity contribution in [2.45, 2.75) is 50.5 Å². The van der Waals surface area contributed by atoms with Gasteiger partial charge in [0.05, 0.1) is 12.5 Å². The van der Waals surface area contributed by atoms with Gasteiger partial charge in [-0.1, -0.05) is 5.16 Å². The maximum Gasteiger partial charge on any atom is 0.414 e. The van der Waals surface area contributed by atoms with Gasteiger partial charge in [0.2, 0.25) is 5.89 Å². The highest BCUT2D eigenvalue weighted by atomic mass is 19.4. The first-order valence-corrected chi connectivity index (χ1v) is 6.13. The van der Waals surface area contributed by atoms with Crippen LogP contribution in [0.25, 0.3) is 0 Å². The van der Waals surface area contributed by atoms with Crippen molar-refractivity contribution in [1.82, 2.24) is 10.1 Å². The summed E-state index contributed by atoms with van der Waals surface area (Å²) < 4.78 is 46.6. The van der Waals surface area contributed by atoms with E-state index in [4.69, 9.17) is 14.4 Å². The Bertz CT molecular complexity index is 402. The molecule has 1 aliphatic rings. The molecule has 1 aromatic rings. The number of rotatable bonds is 4. The van der Waals surface area contributed by atoms with Crippen molar-refractivity contribution in [3.63, 3.8) is 0 Å². The summed E-state index contributed by atoms with van der Waals surface area (Å²) in [4.78, 5) is 3.84. The van der Waals surface area contributed by atoms with Gasteiger partial charge in [0.25, 0.3) is 0 Å². The zero-order valence-corrected chi connectivity index (χ0v) is 10.2. The van der Waals surface area contributed by atoms with E-state index in [1.807, 2.05) is 0 Å². The lowest BCUT2D eigenvalue weighted by atomic mass is 10.1. The maximum absolute atomic E-state index is 12.2. The van der Waals surface area contributed by atoms with Crippen LogP contribution in [0, 0.1) is 0 Å². The molecule has 0 saturated carbocycles. The van der Waals surface area contributed by atoms with Crippen molar-refractivity contribution >= 4 is 0 Å². The first kappa shape index (κ1) is 14.3. The molecule has 19 heavy (non-hydrogen) atoms. The molecule has 0 radical (unpaired) electrons. The summed E-state index contributed by atoms with van der Waals surface area (Å²) in [6.07, 6.45) is -4.50. The van der Waals surface area contributed by atoms with E-state index < -0.39 is 18.7 Å². The normalized spacial score (nSPS) is 22.4. The molecular weight excluding hydrogens is 265 g/mol. The number of hydrogen-bond acceptors (Lipinski definition) is 5. The summed E-state index contributed by atoms with van der Waals surface area (Å²) in [5, 5.41) is 12.5. The summed E-state index contributed by atoms with van der Waals surface area (Å²) >= 11 is 0. The minimum atomic E-state index is -4.68. The van der Waals surface area contributed by atoms with Crippen LogP contribution in [0.15, 0.2) is 4.52 Å². The van der Waals surface area contributed by atoms with E-state index in [0.717, 1.165) is 19.3 Å². The van der Waals surface area contributed by atoms with Crippen LogP contribution in [0.5, 0.6) is 0 Å². The number of nitrogens with zero attached hydrogens (tertiary/aromatic N) is 2. The quantitative estimate of drug-likeness (QED) is 0.908. The van der Waals surface area contributed by atoms with E-state index in [1.54, 1.807) is 0 Å². The summed E-state index contributed by atoms with van der Waals surface area (Å²) in [5.41, 5.74) is 0. The molecule has 2 unspecified atom stereocenters. The van der Waals surface area contributed by atoms with Crippen LogP contribution in [0.2, 0.25) is 0 Å². The van der Waals surface area contributed by atoms with E-state index in [-0.39, 0.29) is 12.0 Å². The largest absolute Gasteiger partial charge is 0.414 e. The van der Waals surface area contributed by atoms with Gasteiger partial charge in [-0.15, -0.1) is 0 Å². The van der Waals surface area contributed by atoms with Crippen LogP contribution in [-0.4, -0.2) is 40.2 Å². The van der Waals surface area contributed by atoms with E-state index in [0.29, 0.717) is 18.9 Å². The summed E-state index contributed by atoms with van der Waals surface area (Å²) in [6.45, 7) is 0.683. The Morgan fingerprint density at radius 3 is 2.79 bits per heavy atom. The summed E-state index contributed by atoms with van der Waals surface area (Å²) in [5.74, 6) is 0.104. The highest BCUT2D eigenvalue weighted by Crippen LogP contribution is 2.23. The minimum absolute atomic E-state index is 0.00765. The lowest BCUT2D eigenvalue weighted by Crippen LogP contribution is -2.30. The fourth-order valence-corrected chi connectivity index (χ4v) is 1.91. The Hall–Kier alpha value is -1.15. The predicted octanol–water partition coefficient (Wildman–Crippen LogP) is 1.65. The van der Waals surface area contributed by atoms with E-state index in [2.05, 4.69) is 10.1 Å². The topological polar surface area (TPSA) is 68.4 Å². The van der Waals surface area contributed by atoms with Gasteiger partial charge in [0.15, 0.2) is 11.9 Å². The lowest BCUT2D eigenvalue weighted by molar-refractivity contribution is -0.204. The molecule has 2 atom stereocenters. The van der Waals surface area contributed by atoms with Crippen molar-refractivity contribution in [2.24, 2.45) is 0 Å². The number of hydrogen-bond donors (Lipinski definition) is 1. The number of ether oxygens (including phenoxy) is 1. The Morgan fingerprint density at radius 2 is 2.16 bits per heavy atom. The SMILES string of the molecule is OC(Cc1nc(CC2CCCCO2)no1)C(F)(F)F. The molecule has 108 valence electrons. The molecule has 0 bridgehead atoms. The molecule has 0 aliphatic carbocycles. The molecule has 8 heteroatoms. The Morgan fingerprint density at radius 1 is 1.37 bits per heavy atom. The molecular formula is C11H15F3N2O3. The first-order valence-electron chi connectivity index (χ1n) is 6.13. The van der Waals surface area contributed by atoms with Crippen LogP contribution in [0.3, 0.4) is 0 Å². The van der Waals surface area contributed by atoms with Gasteiger partial charge in [-0.05, 0) is 19.3 Å². The third kappa shape index (κ3) is 4.17. The fourth-order valence-electron chi connectivity index (χ4n) is 1.91. The second-order valence-electron chi connectivity index (χ2n) is 4.56. The number of alkyl halides is 3. The molecule has 0 spiro atoms. The van der Waals surface area contributed by atoms with Crippen molar-refractivity contribution in [3.8, 4) is 0 Å². The minimum Gasteiger partial charge on any atom is -0.383 e. The third-order valence-corrected chi connectivity index (χ3v) is 2.94. The Labute approximate surface area is 107 Å². The molecule has 0 aromatic carbocycles. The molecule has 1 aromatic heterocycles. The number of aliphatic hydroxyl groups is 1. The van der Waals surface area contributed by atoms with Gasteiger partial charge in [0.1, 0.15) is 0 Å². The average molecular weight is 280 g/mol. The molecule has 1 fully saturated rings. The van der Waals surface area contributed by atoms with Crippen molar-refractivity contribution < 1.29 is 27.5 Å². The van der Waals surface area contributed by atoms with Crippen molar-refractivity contribution in [3.05, 3.63) is 11.7 Å².